The van der Waals surface area contributed by atoms with Crippen LogP contribution in [0.3, 0.4) is 0 Å². The fourth-order valence-corrected chi connectivity index (χ4v) is 3.45. The number of para-hydroxylation sites is 2. The number of rotatable bonds is 2. The average molecular weight is 267 g/mol. The molecule has 0 amide bonds. The monoisotopic (exact) mass is 267 g/mol. The third kappa shape index (κ3) is 2.20. The number of fused-ring (bicyclic) bond motifs is 1. The molecule has 1 saturated carbocycles. The summed E-state index contributed by atoms with van der Waals surface area (Å²) in [5, 5.41) is 9.06. The highest BCUT2D eigenvalue weighted by molar-refractivity contribution is 5.76. The van der Waals surface area contributed by atoms with Crippen molar-refractivity contribution in [3.63, 3.8) is 0 Å². The predicted octanol–water partition coefficient (Wildman–Crippen LogP) is 4.10. The molecule has 20 heavy (non-hydrogen) atoms. The smallest absolute Gasteiger partial charge is 0.124 e. The van der Waals surface area contributed by atoms with Crippen LogP contribution in [0, 0.1) is 23.2 Å². The van der Waals surface area contributed by atoms with E-state index in [0.717, 1.165) is 23.2 Å². The van der Waals surface area contributed by atoms with E-state index in [1.165, 1.54) is 24.8 Å². The first-order chi connectivity index (χ1) is 9.70. The summed E-state index contributed by atoms with van der Waals surface area (Å²) < 4.78 is 2.33. The lowest BCUT2D eigenvalue weighted by Gasteiger charge is -2.33. The second-order valence-electron chi connectivity index (χ2n) is 6.14. The molecule has 2 aromatic rings. The number of nitriles is 1. The van der Waals surface area contributed by atoms with Crippen LogP contribution in [0.15, 0.2) is 24.3 Å². The second kappa shape index (κ2) is 5.28. The Labute approximate surface area is 120 Å². The van der Waals surface area contributed by atoms with Crippen LogP contribution in [0.5, 0.6) is 0 Å². The lowest BCUT2D eigenvalue weighted by atomic mass is 9.79. The Morgan fingerprint density at radius 1 is 1.25 bits per heavy atom. The molecule has 3 nitrogen and oxygen atoms in total. The summed E-state index contributed by atoms with van der Waals surface area (Å²) in [5.74, 6) is 2.48. The molecule has 0 spiro atoms. The molecule has 0 saturated heterocycles. The molecule has 3 atom stereocenters. The van der Waals surface area contributed by atoms with Crippen molar-refractivity contribution in [2.75, 3.05) is 0 Å². The standard InChI is InChI=1S/C17H21N3/c1-12-7-8-14(11-13(12)2)20-16-6-4-3-5-15(16)19-17(20)9-10-18/h3-6,12-14H,7-9,11H2,1-2H3. The van der Waals surface area contributed by atoms with Crippen LogP contribution >= 0.6 is 0 Å². The van der Waals surface area contributed by atoms with Gasteiger partial charge in [0, 0.05) is 6.04 Å². The van der Waals surface area contributed by atoms with Gasteiger partial charge in [-0.3, -0.25) is 0 Å². The maximum Gasteiger partial charge on any atom is 0.124 e. The van der Waals surface area contributed by atoms with Gasteiger partial charge in [0.1, 0.15) is 5.82 Å². The first-order valence-electron chi connectivity index (χ1n) is 7.53. The minimum absolute atomic E-state index is 0.398. The molecule has 3 rings (SSSR count). The summed E-state index contributed by atoms with van der Waals surface area (Å²) in [6.07, 6.45) is 4.06. The van der Waals surface area contributed by atoms with Crippen LogP contribution in [0.4, 0.5) is 0 Å². The number of aromatic nitrogens is 2. The fraction of sp³-hybridized carbons (Fsp3) is 0.529. The molecule has 3 unspecified atom stereocenters. The van der Waals surface area contributed by atoms with Gasteiger partial charge in [-0.05, 0) is 43.2 Å². The molecule has 1 fully saturated rings. The van der Waals surface area contributed by atoms with Gasteiger partial charge in [0.25, 0.3) is 0 Å². The molecule has 104 valence electrons. The van der Waals surface area contributed by atoms with Gasteiger partial charge in [0.2, 0.25) is 0 Å². The van der Waals surface area contributed by atoms with Gasteiger partial charge in [-0.1, -0.05) is 26.0 Å². The quantitative estimate of drug-likeness (QED) is 0.822. The third-order valence-electron chi connectivity index (χ3n) is 4.84. The Kier molecular flexibility index (Phi) is 3.48. The minimum Gasteiger partial charge on any atom is -0.324 e. The molecule has 0 N–H and O–H groups in total. The van der Waals surface area contributed by atoms with E-state index in [4.69, 9.17) is 5.26 Å². The molecule has 1 aromatic heterocycles. The number of hydrogen-bond acceptors (Lipinski definition) is 2. The van der Waals surface area contributed by atoms with Crippen molar-refractivity contribution in [3.8, 4) is 6.07 Å². The Hall–Kier alpha value is -1.82. The number of hydrogen-bond donors (Lipinski definition) is 0. The summed E-state index contributed by atoms with van der Waals surface area (Å²) in [6.45, 7) is 4.70. The zero-order valence-electron chi connectivity index (χ0n) is 12.2. The molecule has 1 heterocycles. The summed E-state index contributed by atoms with van der Waals surface area (Å²) in [4.78, 5) is 4.66. The number of imidazole rings is 1. The summed E-state index contributed by atoms with van der Waals surface area (Å²) in [5.41, 5.74) is 2.20. The van der Waals surface area contributed by atoms with Gasteiger partial charge in [-0.2, -0.15) is 5.26 Å². The number of nitrogens with zero attached hydrogens (tertiary/aromatic N) is 3. The highest BCUT2D eigenvalue weighted by atomic mass is 15.1. The fourth-order valence-electron chi connectivity index (χ4n) is 3.45. The van der Waals surface area contributed by atoms with Gasteiger partial charge >= 0.3 is 0 Å². The van der Waals surface area contributed by atoms with E-state index in [0.29, 0.717) is 12.5 Å². The first kappa shape index (κ1) is 13.2. The van der Waals surface area contributed by atoms with Crippen molar-refractivity contribution in [1.29, 1.82) is 5.26 Å². The van der Waals surface area contributed by atoms with E-state index in [2.05, 4.69) is 41.6 Å². The maximum atomic E-state index is 9.06. The molecule has 1 aliphatic carbocycles. The van der Waals surface area contributed by atoms with Gasteiger partial charge in [0.15, 0.2) is 0 Å². The topological polar surface area (TPSA) is 41.6 Å². The molecule has 1 aliphatic rings. The third-order valence-corrected chi connectivity index (χ3v) is 4.84. The zero-order chi connectivity index (χ0) is 14.1. The van der Waals surface area contributed by atoms with Crippen LogP contribution in [-0.2, 0) is 6.42 Å². The molecule has 0 bridgehead atoms. The van der Waals surface area contributed by atoms with E-state index in [1.54, 1.807) is 0 Å². The lowest BCUT2D eigenvalue weighted by molar-refractivity contribution is 0.211. The largest absolute Gasteiger partial charge is 0.324 e. The van der Waals surface area contributed by atoms with Crippen LogP contribution in [0.25, 0.3) is 11.0 Å². The van der Waals surface area contributed by atoms with Crippen LogP contribution in [-0.4, -0.2) is 9.55 Å². The molecule has 0 radical (unpaired) electrons. The normalized spacial score (nSPS) is 26.6. The molecular formula is C17H21N3. The molecule has 3 heteroatoms. The molecular weight excluding hydrogens is 246 g/mol. The molecule has 1 aromatic carbocycles. The van der Waals surface area contributed by atoms with Crippen molar-refractivity contribution >= 4 is 11.0 Å². The van der Waals surface area contributed by atoms with E-state index in [-0.39, 0.29) is 0 Å². The highest BCUT2D eigenvalue weighted by Gasteiger charge is 2.28. The van der Waals surface area contributed by atoms with Crippen LogP contribution < -0.4 is 0 Å². The summed E-state index contributed by atoms with van der Waals surface area (Å²) >= 11 is 0. The van der Waals surface area contributed by atoms with E-state index >= 15 is 0 Å². The van der Waals surface area contributed by atoms with Crippen molar-refractivity contribution in [2.24, 2.45) is 11.8 Å². The Morgan fingerprint density at radius 2 is 2.05 bits per heavy atom. The molecule has 0 aliphatic heterocycles. The van der Waals surface area contributed by atoms with Gasteiger partial charge in [-0.15, -0.1) is 0 Å². The highest BCUT2D eigenvalue weighted by Crippen LogP contribution is 2.38. The van der Waals surface area contributed by atoms with Gasteiger partial charge in [-0.25, -0.2) is 4.98 Å². The Bertz CT molecular complexity index is 650. The predicted molar refractivity (Wildman–Crippen MR) is 80.3 cm³/mol. The summed E-state index contributed by atoms with van der Waals surface area (Å²) in [6, 6.07) is 11.0. The van der Waals surface area contributed by atoms with Crippen LogP contribution in [0.1, 0.15) is 45.0 Å². The first-order valence-corrected chi connectivity index (χ1v) is 7.53. The second-order valence-corrected chi connectivity index (χ2v) is 6.14. The van der Waals surface area contributed by atoms with Crippen molar-refractivity contribution < 1.29 is 0 Å². The Balaban J connectivity index is 2.05. The minimum atomic E-state index is 0.398. The van der Waals surface area contributed by atoms with E-state index in [9.17, 15) is 0 Å². The average Bonchev–Trinajstić information content (AvgIpc) is 2.80. The zero-order valence-corrected chi connectivity index (χ0v) is 12.2. The Morgan fingerprint density at radius 3 is 2.80 bits per heavy atom. The van der Waals surface area contributed by atoms with Crippen molar-refractivity contribution in [3.05, 3.63) is 30.1 Å². The number of benzene rings is 1. The maximum absolute atomic E-state index is 9.06. The van der Waals surface area contributed by atoms with Gasteiger partial charge in [0.05, 0.1) is 23.5 Å². The lowest BCUT2D eigenvalue weighted by Crippen LogP contribution is -2.24. The summed E-state index contributed by atoms with van der Waals surface area (Å²) in [7, 11) is 0. The van der Waals surface area contributed by atoms with E-state index < -0.39 is 0 Å². The SMILES string of the molecule is CC1CCC(n2c(CC#N)nc3ccccc32)CC1C. The van der Waals surface area contributed by atoms with Crippen molar-refractivity contribution in [1.82, 2.24) is 9.55 Å². The van der Waals surface area contributed by atoms with Gasteiger partial charge < -0.3 is 4.57 Å². The van der Waals surface area contributed by atoms with E-state index in [1.807, 2.05) is 12.1 Å². The van der Waals surface area contributed by atoms with Crippen LogP contribution in [0.2, 0.25) is 0 Å². The van der Waals surface area contributed by atoms with Crippen molar-refractivity contribution in [2.45, 2.75) is 45.6 Å².